The number of nitriles is 1. The highest BCUT2D eigenvalue weighted by Crippen LogP contribution is 2.65. The number of hydrogen-bond acceptors (Lipinski definition) is 2. The summed E-state index contributed by atoms with van der Waals surface area (Å²) < 4.78 is 0. The second-order valence-corrected chi connectivity index (χ2v) is 9.18. The number of carbonyl (C=O) groups is 1. The predicted octanol–water partition coefficient (Wildman–Crippen LogP) is 4.74. The Morgan fingerprint density at radius 3 is 2.64 bits per heavy atom. The average Bonchev–Trinajstić information content (AvgIpc) is 2.82. The standard InChI is InChI=1S/C20H29NO/c1-19-9-7-13(12-21)11-14(19)3-4-15-16-5-6-18(22)20(16,2)10-8-17(15)19/h13-17H,3-11H2,1-2H3/t13-,14+,15-,16-,17-,19+,20-/m1/s1. The lowest BCUT2D eigenvalue weighted by atomic mass is 9.45. The van der Waals surface area contributed by atoms with Crippen LogP contribution >= 0.6 is 0 Å². The molecule has 2 nitrogen and oxygen atoms in total. The maximum atomic E-state index is 12.4. The summed E-state index contributed by atoms with van der Waals surface area (Å²) in [5, 5.41) is 9.30. The van der Waals surface area contributed by atoms with E-state index >= 15 is 0 Å². The highest BCUT2D eigenvalue weighted by Gasteiger charge is 2.60. The maximum absolute atomic E-state index is 12.4. The summed E-state index contributed by atoms with van der Waals surface area (Å²) in [5.74, 6) is 3.87. The lowest BCUT2D eigenvalue weighted by molar-refractivity contribution is -0.139. The maximum Gasteiger partial charge on any atom is 0.139 e. The van der Waals surface area contributed by atoms with Crippen LogP contribution in [-0.2, 0) is 4.79 Å². The molecule has 4 aliphatic rings. The van der Waals surface area contributed by atoms with Crippen molar-refractivity contribution in [2.75, 3.05) is 0 Å². The molecule has 4 rings (SSSR count). The van der Waals surface area contributed by atoms with Gasteiger partial charge in [0.15, 0.2) is 0 Å². The topological polar surface area (TPSA) is 40.9 Å². The van der Waals surface area contributed by atoms with Gasteiger partial charge in [-0.25, -0.2) is 0 Å². The van der Waals surface area contributed by atoms with Crippen molar-refractivity contribution in [2.24, 2.45) is 40.4 Å². The molecule has 4 aliphatic carbocycles. The van der Waals surface area contributed by atoms with Crippen LogP contribution in [0.4, 0.5) is 0 Å². The largest absolute Gasteiger partial charge is 0.299 e. The van der Waals surface area contributed by atoms with Crippen LogP contribution in [0, 0.1) is 51.8 Å². The number of fused-ring (bicyclic) bond motifs is 5. The third kappa shape index (κ3) is 1.81. The zero-order valence-electron chi connectivity index (χ0n) is 14.1. The van der Waals surface area contributed by atoms with Gasteiger partial charge in [-0.2, -0.15) is 5.26 Å². The Bertz CT molecular complexity index is 534. The fraction of sp³-hybridized carbons (Fsp3) is 0.900. The highest BCUT2D eigenvalue weighted by atomic mass is 16.1. The molecule has 0 aromatic rings. The minimum absolute atomic E-state index is 0.00815. The van der Waals surface area contributed by atoms with E-state index in [1.807, 2.05) is 0 Å². The second-order valence-electron chi connectivity index (χ2n) is 9.18. The average molecular weight is 299 g/mol. The van der Waals surface area contributed by atoms with Crippen molar-refractivity contribution in [1.82, 2.24) is 0 Å². The first-order valence-corrected chi connectivity index (χ1v) is 9.42. The summed E-state index contributed by atoms with van der Waals surface area (Å²) in [6, 6.07) is 2.53. The predicted molar refractivity (Wildman–Crippen MR) is 85.8 cm³/mol. The van der Waals surface area contributed by atoms with Crippen molar-refractivity contribution >= 4 is 5.78 Å². The van der Waals surface area contributed by atoms with E-state index in [4.69, 9.17) is 0 Å². The second kappa shape index (κ2) is 4.83. The molecule has 0 spiro atoms. The molecule has 0 aromatic carbocycles. The monoisotopic (exact) mass is 299 g/mol. The van der Waals surface area contributed by atoms with Crippen molar-refractivity contribution < 1.29 is 4.79 Å². The molecule has 4 fully saturated rings. The first kappa shape index (κ1) is 14.7. The molecule has 0 bridgehead atoms. The Balaban J connectivity index is 1.62. The van der Waals surface area contributed by atoms with Crippen molar-refractivity contribution in [3.8, 4) is 6.07 Å². The minimum atomic E-state index is 0.00815. The molecule has 0 N–H and O–H groups in total. The summed E-state index contributed by atoms with van der Waals surface area (Å²) >= 11 is 0. The van der Waals surface area contributed by atoms with E-state index in [1.54, 1.807) is 0 Å². The minimum Gasteiger partial charge on any atom is -0.299 e. The number of hydrogen-bond donors (Lipinski definition) is 0. The Morgan fingerprint density at radius 1 is 1.05 bits per heavy atom. The molecule has 120 valence electrons. The molecule has 0 saturated heterocycles. The van der Waals surface area contributed by atoms with Crippen molar-refractivity contribution in [2.45, 2.75) is 71.6 Å². The molecule has 0 radical (unpaired) electrons. The van der Waals surface area contributed by atoms with Gasteiger partial charge in [0.05, 0.1) is 6.07 Å². The number of ketones is 1. The molecule has 0 unspecified atom stereocenters. The van der Waals surface area contributed by atoms with Crippen molar-refractivity contribution in [1.29, 1.82) is 5.26 Å². The van der Waals surface area contributed by atoms with E-state index < -0.39 is 0 Å². The first-order valence-electron chi connectivity index (χ1n) is 9.42. The van der Waals surface area contributed by atoms with Crippen LogP contribution in [0.1, 0.15) is 71.6 Å². The molecule has 0 aromatic heterocycles. The van der Waals surface area contributed by atoms with Gasteiger partial charge in [-0.15, -0.1) is 0 Å². The van der Waals surface area contributed by atoms with Crippen LogP contribution in [0.2, 0.25) is 0 Å². The Hall–Kier alpha value is -0.840. The van der Waals surface area contributed by atoms with Gasteiger partial charge < -0.3 is 0 Å². The zero-order valence-corrected chi connectivity index (χ0v) is 14.1. The number of Topliss-reactive ketones (excluding diaryl/α,β-unsaturated/α-hetero) is 1. The Labute approximate surface area is 134 Å². The third-order valence-electron chi connectivity index (χ3n) is 8.56. The highest BCUT2D eigenvalue weighted by molar-refractivity contribution is 5.87. The summed E-state index contributed by atoms with van der Waals surface area (Å²) in [4.78, 5) is 12.4. The van der Waals surface area contributed by atoms with Crippen LogP contribution < -0.4 is 0 Å². The SMILES string of the molecule is C[C@]12CC[C@@H](C#N)C[C@@H]1CC[C@H]1[C@H]2CC[C@@]2(C)C(=O)CC[C@H]12. The van der Waals surface area contributed by atoms with E-state index in [0.717, 1.165) is 49.9 Å². The molecular weight excluding hydrogens is 270 g/mol. The molecule has 0 amide bonds. The van der Waals surface area contributed by atoms with Gasteiger partial charge >= 0.3 is 0 Å². The van der Waals surface area contributed by atoms with Gasteiger partial charge in [-0.1, -0.05) is 13.8 Å². The smallest absolute Gasteiger partial charge is 0.139 e. The van der Waals surface area contributed by atoms with E-state index in [2.05, 4.69) is 19.9 Å². The number of nitrogens with zero attached hydrogens (tertiary/aromatic N) is 1. The molecular formula is C20H29NO. The zero-order chi connectivity index (χ0) is 15.5. The summed E-state index contributed by atoms with van der Waals surface area (Å²) in [6.45, 7) is 4.80. The fourth-order valence-electron chi connectivity index (χ4n) is 7.15. The van der Waals surface area contributed by atoms with Crippen LogP contribution in [0.25, 0.3) is 0 Å². The van der Waals surface area contributed by atoms with Gasteiger partial charge in [-0.3, -0.25) is 4.79 Å². The van der Waals surface area contributed by atoms with Gasteiger partial charge in [0, 0.05) is 17.8 Å². The van der Waals surface area contributed by atoms with Crippen molar-refractivity contribution in [3.05, 3.63) is 0 Å². The normalized spacial score (nSPS) is 54.0. The molecule has 2 heteroatoms. The van der Waals surface area contributed by atoms with Gasteiger partial charge in [0.2, 0.25) is 0 Å². The van der Waals surface area contributed by atoms with Gasteiger partial charge in [0.25, 0.3) is 0 Å². The van der Waals surface area contributed by atoms with Gasteiger partial charge in [0.1, 0.15) is 5.78 Å². The summed E-state index contributed by atoms with van der Waals surface area (Å²) in [7, 11) is 0. The van der Waals surface area contributed by atoms with Crippen LogP contribution in [0.15, 0.2) is 0 Å². The fourth-order valence-corrected chi connectivity index (χ4v) is 7.15. The molecule has 4 saturated carbocycles. The Morgan fingerprint density at radius 2 is 1.86 bits per heavy atom. The van der Waals surface area contributed by atoms with E-state index in [0.29, 0.717) is 23.0 Å². The van der Waals surface area contributed by atoms with E-state index in [9.17, 15) is 10.1 Å². The summed E-state index contributed by atoms with van der Waals surface area (Å²) in [6.07, 6.45) is 10.5. The molecule has 0 aliphatic heterocycles. The third-order valence-corrected chi connectivity index (χ3v) is 8.56. The van der Waals surface area contributed by atoms with Crippen LogP contribution in [-0.4, -0.2) is 5.78 Å². The Kier molecular flexibility index (Phi) is 3.23. The molecule has 0 heterocycles. The van der Waals surface area contributed by atoms with E-state index in [-0.39, 0.29) is 5.41 Å². The van der Waals surface area contributed by atoms with Crippen LogP contribution in [0.3, 0.4) is 0 Å². The van der Waals surface area contributed by atoms with E-state index in [1.165, 1.54) is 25.7 Å². The molecule has 7 atom stereocenters. The summed E-state index contributed by atoms with van der Waals surface area (Å²) in [5.41, 5.74) is 0.456. The van der Waals surface area contributed by atoms with Gasteiger partial charge in [-0.05, 0) is 80.5 Å². The first-order chi connectivity index (χ1) is 10.5. The number of rotatable bonds is 0. The lowest BCUT2D eigenvalue weighted by Crippen LogP contribution is -2.53. The number of carbonyl (C=O) groups excluding carboxylic acids is 1. The van der Waals surface area contributed by atoms with Crippen molar-refractivity contribution in [3.63, 3.8) is 0 Å². The molecule has 22 heavy (non-hydrogen) atoms. The lowest BCUT2D eigenvalue weighted by Gasteiger charge is -2.60. The van der Waals surface area contributed by atoms with Crippen LogP contribution in [0.5, 0.6) is 0 Å². The quantitative estimate of drug-likeness (QED) is 0.648.